The van der Waals surface area contributed by atoms with Crippen LogP contribution in [0.3, 0.4) is 0 Å². The molecule has 0 fully saturated rings. The van der Waals surface area contributed by atoms with Crippen LogP contribution in [-0.2, 0) is 4.79 Å². The van der Waals surface area contributed by atoms with Crippen molar-refractivity contribution in [3.05, 3.63) is 52.5 Å². The normalized spacial score (nSPS) is 11.8. The summed E-state index contributed by atoms with van der Waals surface area (Å²) in [7, 11) is 0. The molecule has 0 aliphatic rings. The molecule has 0 aliphatic carbocycles. The van der Waals surface area contributed by atoms with Crippen molar-refractivity contribution in [3.8, 4) is 11.5 Å². The summed E-state index contributed by atoms with van der Waals surface area (Å²) >= 11 is 3.49. The summed E-state index contributed by atoms with van der Waals surface area (Å²) in [6.45, 7) is 3.39. The minimum atomic E-state index is -0.139. The van der Waals surface area contributed by atoms with Crippen LogP contribution in [0.15, 0.2) is 46.9 Å². The number of hydrogen-bond donors (Lipinski definition) is 2. The van der Waals surface area contributed by atoms with Gasteiger partial charge in [0.15, 0.2) is 5.75 Å². The molecular weight excluding hydrogens is 332 g/mol. The van der Waals surface area contributed by atoms with E-state index >= 15 is 0 Å². The zero-order valence-corrected chi connectivity index (χ0v) is 13.5. The van der Waals surface area contributed by atoms with E-state index < -0.39 is 0 Å². The number of carbonyl (C=O) groups is 1. The second-order valence-electron chi connectivity index (χ2n) is 4.75. The quantitative estimate of drug-likeness (QED) is 0.869. The van der Waals surface area contributed by atoms with Crippen LogP contribution in [0.4, 0.5) is 5.69 Å². The smallest absolute Gasteiger partial charge is 0.221 e. The summed E-state index contributed by atoms with van der Waals surface area (Å²) in [5, 5.41) is 2.74. The largest absolute Gasteiger partial charge is 0.455 e. The van der Waals surface area contributed by atoms with Gasteiger partial charge in [-0.25, -0.2) is 0 Å². The van der Waals surface area contributed by atoms with Gasteiger partial charge >= 0.3 is 0 Å². The van der Waals surface area contributed by atoms with E-state index in [1.807, 2.05) is 37.3 Å². The molecule has 1 amide bonds. The third-order valence-electron chi connectivity index (χ3n) is 2.89. The van der Waals surface area contributed by atoms with Crippen LogP contribution in [-0.4, -0.2) is 5.91 Å². The topological polar surface area (TPSA) is 64.3 Å². The molecule has 0 aliphatic heterocycles. The maximum Gasteiger partial charge on any atom is 0.221 e. The van der Waals surface area contributed by atoms with E-state index in [2.05, 4.69) is 21.2 Å². The molecule has 5 heteroatoms. The van der Waals surface area contributed by atoms with Crippen LogP contribution in [0.5, 0.6) is 11.5 Å². The van der Waals surface area contributed by atoms with Gasteiger partial charge in [0.1, 0.15) is 5.75 Å². The molecule has 0 radical (unpaired) electrons. The number of rotatable bonds is 4. The van der Waals surface area contributed by atoms with Gasteiger partial charge in [0.05, 0.1) is 5.69 Å². The molecule has 1 atom stereocenters. The maximum atomic E-state index is 11.2. The van der Waals surface area contributed by atoms with Crippen molar-refractivity contribution in [1.29, 1.82) is 0 Å². The van der Waals surface area contributed by atoms with Crippen LogP contribution in [0.25, 0.3) is 0 Å². The molecule has 21 heavy (non-hydrogen) atoms. The van der Waals surface area contributed by atoms with Gasteiger partial charge in [-0.2, -0.15) is 0 Å². The van der Waals surface area contributed by atoms with Gasteiger partial charge in [-0.3, -0.25) is 4.79 Å². The minimum absolute atomic E-state index is 0.0555. The Morgan fingerprint density at radius 3 is 2.62 bits per heavy atom. The van der Waals surface area contributed by atoms with E-state index in [4.69, 9.17) is 10.5 Å². The number of amides is 1. The van der Waals surface area contributed by atoms with Crippen LogP contribution in [0, 0.1) is 0 Å². The van der Waals surface area contributed by atoms with E-state index in [9.17, 15) is 4.79 Å². The molecule has 2 rings (SSSR count). The lowest BCUT2D eigenvalue weighted by Gasteiger charge is -2.13. The highest BCUT2D eigenvalue weighted by atomic mass is 79.9. The fourth-order valence-corrected chi connectivity index (χ4v) is 2.64. The van der Waals surface area contributed by atoms with Crippen molar-refractivity contribution in [3.63, 3.8) is 0 Å². The molecule has 0 spiro atoms. The zero-order chi connectivity index (χ0) is 15.4. The van der Waals surface area contributed by atoms with Crippen molar-refractivity contribution >= 4 is 27.5 Å². The van der Waals surface area contributed by atoms with Gasteiger partial charge in [0.25, 0.3) is 0 Å². The van der Waals surface area contributed by atoms with Gasteiger partial charge in [0.2, 0.25) is 5.91 Å². The van der Waals surface area contributed by atoms with Crippen LogP contribution in [0.2, 0.25) is 0 Å². The van der Waals surface area contributed by atoms with E-state index in [1.54, 1.807) is 12.1 Å². The SMILES string of the molecule is CC(=O)Nc1ccccc1Oc1ccc([C@H](C)N)c(Br)c1. The van der Waals surface area contributed by atoms with Crippen molar-refractivity contribution in [2.45, 2.75) is 19.9 Å². The number of benzene rings is 2. The number of nitrogens with two attached hydrogens (primary N) is 1. The molecule has 0 heterocycles. The van der Waals surface area contributed by atoms with Gasteiger partial charge in [-0.15, -0.1) is 0 Å². The van der Waals surface area contributed by atoms with Crippen LogP contribution in [0.1, 0.15) is 25.5 Å². The Bertz CT molecular complexity index is 656. The van der Waals surface area contributed by atoms with Crippen molar-refractivity contribution in [2.24, 2.45) is 5.73 Å². The Morgan fingerprint density at radius 2 is 2.00 bits per heavy atom. The van der Waals surface area contributed by atoms with E-state index in [1.165, 1.54) is 6.92 Å². The first-order valence-corrected chi connectivity index (χ1v) is 7.36. The molecule has 4 nitrogen and oxygen atoms in total. The second-order valence-corrected chi connectivity index (χ2v) is 5.61. The van der Waals surface area contributed by atoms with Crippen LogP contribution < -0.4 is 15.8 Å². The molecule has 0 bridgehead atoms. The highest BCUT2D eigenvalue weighted by molar-refractivity contribution is 9.10. The number of halogens is 1. The van der Waals surface area contributed by atoms with Gasteiger partial charge in [-0.1, -0.05) is 34.1 Å². The van der Waals surface area contributed by atoms with Gasteiger partial charge < -0.3 is 15.8 Å². The molecule has 0 saturated carbocycles. The summed E-state index contributed by atoms with van der Waals surface area (Å²) in [4.78, 5) is 11.2. The lowest BCUT2D eigenvalue weighted by atomic mass is 10.1. The summed E-state index contributed by atoms with van der Waals surface area (Å²) in [5.41, 5.74) is 7.53. The lowest BCUT2D eigenvalue weighted by molar-refractivity contribution is -0.114. The molecule has 2 aromatic rings. The lowest BCUT2D eigenvalue weighted by Crippen LogP contribution is -2.07. The molecule has 3 N–H and O–H groups in total. The predicted molar refractivity (Wildman–Crippen MR) is 87.6 cm³/mol. The molecule has 0 saturated heterocycles. The Morgan fingerprint density at radius 1 is 1.29 bits per heavy atom. The Hall–Kier alpha value is -1.85. The number of anilines is 1. The van der Waals surface area contributed by atoms with Crippen LogP contribution >= 0.6 is 15.9 Å². The first-order valence-electron chi connectivity index (χ1n) is 6.57. The Labute approximate surface area is 132 Å². The molecule has 0 unspecified atom stereocenters. The number of hydrogen-bond acceptors (Lipinski definition) is 3. The van der Waals surface area contributed by atoms with Gasteiger partial charge in [-0.05, 0) is 36.8 Å². The molecule has 110 valence electrons. The summed E-state index contributed by atoms with van der Waals surface area (Å²) < 4.78 is 6.74. The first-order chi connectivity index (χ1) is 9.97. The fourth-order valence-electron chi connectivity index (χ4n) is 1.92. The third-order valence-corrected chi connectivity index (χ3v) is 3.57. The number of carbonyl (C=O) groups excluding carboxylic acids is 1. The van der Waals surface area contributed by atoms with Gasteiger partial charge in [0, 0.05) is 17.4 Å². The number of nitrogens with one attached hydrogen (secondary N) is 1. The predicted octanol–water partition coefficient (Wildman–Crippen LogP) is 4.22. The summed E-state index contributed by atoms with van der Waals surface area (Å²) in [6, 6.07) is 12.9. The minimum Gasteiger partial charge on any atom is -0.455 e. The van der Waals surface area contributed by atoms with E-state index in [0.29, 0.717) is 17.2 Å². The number of ether oxygens (including phenoxy) is 1. The Balaban J connectivity index is 2.26. The molecule has 2 aromatic carbocycles. The van der Waals surface area contributed by atoms with Crippen molar-refractivity contribution in [1.82, 2.24) is 0 Å². The van der Waals surface area contributed by atoms with E-state index in [-0.39, 0.29) is 11.9 Å². The molecular formula is C16H17BrN2O2. The maximum absolute atomic E-state index is 11.2. The highest BCUT2D eigenvalue weighted by Gasteiger charge is 2.09. The third kappa shape index (κ3) is 4.06. The first kappa shape index (κ1) is 15.5. The fraction of sp³-hybridized carbons (Fsp3) is 0.188. The highest BCUT2D eigenvalue weighted by Crippen LogP contribution is 2.32. The Kier molecular flexibility index (Phi) is 4.98. The second kappa shape index (κ2) is 6.74. The number of para-hydroxylation sites is 2. The average Bonchev–Trinajstić information content (AvgIpc) is 2.40. The summed E-state index contributed by atoms with van der Waals surface area (Å²) in [5.74, 6) is 1.12. The monoisotopic (exact) mass is 348 g/mol. The average molecular weight is 349 g/mol. The zero-order valence-electron chi connectivity index (χ0n) is 11.9. The standard InChI is InChI=1S/C16H17BrN2O2/c1-10(18)13-8-7-12(9-14(13)17)21-16-6-4-3-5-15(16)19-11(2)20/h3-10H,18H2,1-2H3,(H,19,20)/t10-/m0/s1. The van der Waals surface area contributed by atoms with E-state index in [0.717, 1.165) is 10.0 Å². The summed E-state index contributed by atoms with van der Waals surface area (Å²) in [6.07, 6.45) is 0. The molecule has 0 aromatic heterocycles. The van der Waals surface area contributed by atoms with Crippen molar-refractivity contribution in [2.75, 3.05) is 5.32 Å². The van der Waals surface area contributed by atoms with Crippen molar-refractivity contribution < 1.29 is 9.53 Å².